The summed E-state index contributed by atoms with van der Waals surface area (Å²) in [7, 11) is 3.52. The second kappa shape index (κ2) is 5.11. The van der Waals surface area contributed by atoms with E-state index in [9.17, 15) is 4.79 Å². The molecule has 0 heterocycles. The maximum Gasteiger partial charge on any atom is 0.174 e. The van der Waals surface area contributed by atoms with Crippen LogP contribution in [-0.4, -0.2) is 26.5 Å². The van der Waals surface area contributed by atoms with E-state index in [0.717, 1.165) is 36.9 Å². The summed E-state index contributed by atoms with van der Waals surface area (Å²) in [4.78, 5) is 12.8. The van der Waals surface area contributed by atoms with Crippen LogP contribution in [0.1, 0.15) is 35.2 Å². The van der Waals surface area contributed by atoms with Crippen LogP contribution in [0.5, 0.6) is 5.75 Å². The minimum atomic E-state index is -0.212. The van der Waals surface area contributed by atoms with E-state index in [2.05, 4.69) is 5.32 Å². The number of hydrogen-bond acceptors (Lipinski definition) is 3. The summed E-state index contributed by atoms with van der Waals surface area (Å²) in [5, 5.41) is 3.15. The Morgan fingerprint density at radius 2 is 2.17 bits per heavy atom. The minimum Gasteiger partial charge on any atom is -0.496 e. The highest BCUT2D eigenvalue weighted by atomic mass is 16.5. The zero-order chi connectivity index (χ0) is 13.2. The van der Waals surface area contributed by atoms with Crippen LogP contribution < -0.4 is 10.1 Å². The van der Waals surface area contributed by atoms with Gasteiger partial charge in [-0.05, 0) is 38.9 Å². The molecule has 1 fully saturated rings. The first-order valence-corrected chi connectivity index (χ1v) is 6.47. The molecule has 0 atom stereocenters. The van der Waals surface area contributed by atoms with Gasteiger partial charge in [-0.2, -0.15) is 0 Å². The Hall–Kier alpha value is -1.35. The summed E-state index contributed by atoms with van der Waals surface area (Å²) in [5.41, 5.74) is 1.61. The van der Waals surface area contributed by atoms with Gasteiger partial charge in [0.2, 0.25) is 0 Å². The van der Waals surface area contributed by atoms with E-state index in [0.29, 0.717) is 5.75 Å². The molecule has 0 radical (unpaired) electrons. The number of Topliss-reactive ketones (excluding diaryl/α,β-unsaturated/α-hetero) is 1. The molecule has 1 aliphatic rings. The number of benzene rings is 1. The van der Waals surface area contributed by atoms with E-state index in [1.807, 2.05) is 32.2 Å². The fourth-order valence-electron chi connectivity index (χ4n) is 2.71. The molecule has 0 spiro atoms. The summed E-state index contributed by atoms with van der Waals surface area (Å²) < 4.78 is 5.32. The molecule has 1 aromatic rings. The van der Waals surface area contributed by atoms with Crippen LogP contribution in [0, 0.1) is 12.3 Å². The predicted molar refractivity (Wildman–Crippen MR) is 72.3 cm³/mol. The number of carbonyl (C=O) groups excluding carboxylic acids is 1. The topological polar surface area (TPSA) is 38.3 Å². The van der Waals surface area contributed by atoms with Crippen LogP contribution >= 0.6 is 0 Å². The molecule has 0 saturated heterocycles. The molecule has 0 aliphatic heterocycles. The van der Waals surface area contributed by atoms with Crippen LogP contribution in [0.25, 0.3) is 0 Å². The van der Waals surface area contributed by atoms with Gasteiger partial charge in [-0.1, -0.05) is 18.1 Å². The van der Waals surface area contributed by atoms with Gasteiger partial charge in [-0.3, -0.25) is 4.79 Å². The fourth-order valence-corrected chi connectivity index (χ4v) is 2.71. The Labute approximate surface area is 109 Å². The van der Waals surface area contributed by atoms with Gasteiger partial charge in [0.15, 0.2) is 5.78 Å². The number of hydrogen-bond donors (Lipinski definition) is 1. The number of ketones is 1. The number of ether oxygens (including phenoxy) is 1. The molecule has 1 saturated carbocycles. The second-order valence-corrected chi connectivity index (χ2v) is 5.20. The minimum absolute atomic E-state index is 0.212. The second-order valence-electron chi connectivity index (χ2n) is 5.20. The first kappa shape index (κ1) is 13.1. The fraction of sp³-hybridized carbons (Fsp3) is 0.533. The highest BCUT2D eigenvalue weighted by molar-refractivity contribution is 6.03. The van der Waals surface area contributed by atoms with Crippen LogP contribution in [0.3, 0.4) is 0 Å². The SMILES string of the molecule is CNCC1(C(=O)c2cc(C)ccc2OC)CCC1. The highest BCUT2D eigenvalue weighted by Gasteiger charge is 2.44. The third-order valence-corrected chi connectivity index (χ3v) is 3.91. The van der Waals surface area contributed by atoms with Crippen LogP contribution in [0.2, 0.25) is 0 Å². The largest absolute Gasteiger partial charge is 0.496 e. The van der Waals surface area contributed by atoms with Gasteiger partial charge in [-0.15, -0.1) is 0 Å². The highest BCUT2D eigenvalue weighted by Crippen LogP contribution is 2.44. The van der Waals surface area contributed by atoms with E-state index < -0.39 is 0 Å². The lowest BCUT2D eigenvalue weighted by molar-refractivity contribution is 0.0611. The number of rotatable bonds is 5. The van der Waals surface area contributed by atoms with Gasteiger partial charge in [-0.25, -0.2) is 0 Å². The van der Waals surface area contributed by atoms with E-state index in [-0.39, 0.29) is 11.2 Å². The standard InChI is InChI=1S/C15H21NO2/c1-11-5-6-13(18-3)12(9-11)14(17)15(10-16-2)7-4-8-15/h5-6,9,16H,4,7-8,10H2,1-3H3. The Morgan fingerprint density at radius 3 is 2.67 bits per heavy atom. The monoisotopic (exact) mass is 247 g/mol. The molecule has 1 N–H and O–H groups in total. The van der Waals surface area contributed by atoms with Crippen molar-refractivity contribution in [2.75, 3.05) is 20.7 Å². The molecule has 0 unspecified atom stereocenters. The Balaban J connectivity index is 2.35. The summed E-state index contributed by atoms with van der Waals surface area (Å²) >= 11 is 0. The zero-order valence-corrected chi connectivity index (χ0v) is 11.4. The van der Waals surface area contributed by atoms with Crippen molar-refractivity contribution in [2.45, 2.75) is 26.2 Å². The Kier molecular flexibility index (Phi) is 3.71. The maximum absolute atomic E-state index is 12.8. The van der Waals surface area contributed by atoms with Crippen molar-refractivity contribution in [1.82, 2.24) is 5.32 Å². The Morgan fingerprint density at radius 1 is 1.44 bits per heavy atom. The first-order valence-electron chi connectivity index (χ1n) is 6.47. The molecular formula is C15H21NO2. The van der Waals surface area contributed by atoms with E-state index >= 15 is 0 Å². The van der Waals surface area contributed by atoms with Crippen molar-refractivity contribution in [3.8, 4) is 5.75 Å². The zero-order valence-electron chi connectivity index (χ0n) is 11.4. The number of carbonyl (C=O) groups is 1. The van der Waals surface area contributed by atoms with Crippen LogP contribution in [0.4, 0.5) is 0 Å². The normalized spacial score (nSPS) is 17.1. The molecule has 3 nitrogen and oxygen atoms in total. The molecule has 0 amide bonds. The van der Waals surface area contributed by atoms with Gasteiger partial charge >= 0.3 is 0 Å². The Bertz CT molecular complexity index is 450. The van der Waals surface area contributed by atoms with E-state index in [1.165, 1.54) is 0 Å². The number of methoxy groups -OCH3 is 1. The smallest absolute Gasteiger partial charge is 0.174 e. The van der Waals surface area contributed by atoms with Gasteiger partial charge < -0.3 is 10.1 Å². The third-order valence-electron chi connectivity index (χ3n) is 3.91. The lowest BCUT2D eigenvalue weighted by Crippen LogP contribution is -2.45. The summed E-state index contributed by atoms with van der Waals surface area (Å²) in [6, 6.07) is 5.80. The first-order chi connectivity index (χ1) is 8.63. The van der Waals surface area contributed by atoms with Crippen molar-refractivity contribution in [2.24, 2.45) is 5.41 Å². The molecule has 0 bridgehead atoms. The third kappa shape index (κ3) is 2.15. The van der Waals surface area contributed by atoms with Gasteiger partial charge in [0, 0.05) is 12.0 Å². The summed E-state index contributed by atoms with van der Waals surface area (Å²) in [6.07, 6.45) is 3.09. The van der Waals surface area contributed by atoms with Crippen molar-refractivity contribution in [1.29, 1.82) is 0 Å². The van der Waals surface area contributed by atoms with Gasteiger partial charge in [0.05, 0.1) is 12.7 Å². The summed E-state index contributed by atoms with van der Waals surface area (Å²) in [5.74, 6) is 0.914. The van der Waals surface area contributed by atoms with Crippen LogP contribution in [-0.2, 0) is 0 Å². The van der Waals surface area contributed by atoms with Crippen molar-refractivity contribution in [3.05, 3.63) is 29.3 Å². The lowest BCUT2D eigenvalue weighted by atomic mass is 9.64. The molecule has 3 heteroatoms. The molecule has 1 aromatic carbocycles. The molecular weight excluding hydrogens is 226 g/mol. The average molecular weight is 247 g/mol. The average Bonchev–Trinajstić information content (AvgIpc) is 2.33. The van der Waals surface area contributed by atoms with E-state index in [1.54, 1.807) is 7.11 Å². The predicted octanol–water partition coefficient (Wildman–Crippen LogP) is 2.58. The molecule has 18 heavy (non-hydrogen) atoms. The van der Waals surface area contributed by atoms with Crippen molar-refractivity contribution < 1.29 is 9.53 Å². The van der Waals surface area contributed by atoms with Crippen molar-refractivity contribution in [3.63, 3.8) is 0 Å². The number of nitrogens with one attached hydrogen (secondary N) is 1. The quantitative estimate of drug-likeness (QED) is 0.813. The molecule has 98 valence electrons. The van der Waals surface area contributed by atoms with Crippen molar-refractivity contribution >= 4 is 5.78 Å². The van der Waals surface area contributed by atoms with Crippen LogP contribution in [0.15, 0.2) is 18.2 Å². The molecule has 1 aliphatic carbocycles. The molecule has 0 aromatic heterocycles. The number of aryl methyl sites for hydroxylation is 1. The van der Waals surface area contributed by atoms with E-state index in [4.69, 9.17) is 4.74 Å². The maximum atomic E-state index is 12.8. The lowest BCUT2D eigenvalue weighted by Gasteiger charge is -2.40. The van der Waals surface area contributed by atoms with Gasteiger partial charge in [0.25, 0.3) is 0 Å². The summed E-state index contributed by atoms with van der Waals surface area (Å²) in [6.45, 7) is 2.75. The van der Waals surface area contributed by atoms with Gasteiger partial charge in [0.1, 0.15) is 5.75 Å². The molecule has 2 rings (SSSR count).